The third-order valence-electron chi connectivity index (χ3n) is 3.02. The standard InChI is InChI=1S/C13H18FN3O/c1-15-9-13(18)16-10-4-5-12(11(14)8-10)17-6-2-3-7-17/h4-5,8,15H,2-3,6-7,9H2,1H3,(H,16,18). The number of likely N-dealkylation sites (N-methyl/N-ethyl adjacent to an activating group) is 1. The van der Waals surface area contributed by atoms with Crippen LogP contribution in [0.25, 0.3) is 0 Å². The highest BCUT2D eigenvalue weighted by Gasteiger charge is 2.16. The number of carbonyl (C=O) groups excluding carboxylic acids is 1. The van der Waals surface area contributed by atoms with Crippen LogP contribution in [-0.4, -0.2) is 32.6 Å². The summed E-state index contributed by atoms with van der Waals surface area (Å²) in [6, 6.07) is 4.85. The first kappa shape index (κ1) is 12.8. The Hall–Kier alpha value is -1.62. The first-order valence-corrected chi connectivity index (χ1v) is 6.19. The fraction of sp³-hybridized carbons (Fsp3) is 0.462. The predicted molar refractivity (Wildman–Crippen MR) is 70.4 cm³/mol. The smallest absolute Gasteiger partial charge is 0.238 e. The zero-order valence-electron chi connectivity index (χ0n) is 10.5. The molecule has 0 unspecified atom stereocenters. The van der Waals surface area contributed by atoms with Gasteiger partial charge in [-0.25, -0.2) is 4.39 Å². The van der Waals surface area contributed by atoms with Gasteiger partial charge in [0.15, 0.2) is 0 Å². The monoisotopic (exact) mass is 251 g/mol. The van der Waals surface area contributed by atoms with Crippen molar-refractivity contribution in [3.8, 4) is 0 Å². The Labute approximate surface area is 106 Å². The molecule has 1 aromatic rings. The molecule has 1 aliphatic rings. The summed E-state index contributed by atoms with van der Waals surface area (Å²) >= 11 is 0. The van der Waals surface area contributed by atoms with Crippen molar-refractivity contribution in [2.45, 2.75) is 12.8 Å². The molecule has 1 heterocycles. The molecule has 98 valence electrons. The van der Waals surface area contributed by atoms with Gasteiger partial charge in [0.2, 0.25) is 5.91 Å². The van der Waals surface area contributed by atoms with E-state index in [2.05, 4.69) is 10.6 Å². The summed E-state index contributed by atoms with van der Waals surface area (Å²) in [5.41, 5.74) is 1.12. The molecule has 0 radical (unpaired) electrons. The van der Waals surface area contributed by atoms with Crippen molar-refractivity contribution in [2.75, 3.05) is 36.9 Å². The summed E-state index contributed by atoms with van der Waals surface area (Å²) in [6.45, 7) is 2.03. The SMILES string of the molecule is CNCC(=O)Nc1ccc(N2CCCC2)c(F)c1. The summed E-state index contributed by atoms with van der Waals surface area (Å²) in [5.74, 6) is -0.454. The Morgan fingerprint density at radius 3 is 2.72 bits per heavy atom. The number of nitrogens with zero attached hydrogens (tertiary/aromatic N) is 1. The average Bonchev–Trinajstić information content (AvgIpc) is 2.82. The molecule has 5 heteroatoms. The Bertz CT molecular complexity index is 430. The summed E-state index contributed by atoms with van der Waals surface area (Å²) in [7, 11) is 1.69. The molecular weight excluding hydrogens is 233 g/mol. The Morgan fingerprint density at radius 2 is 2.11 bits per heavy atom. The highest BCUT2D eigenvalue weighted by molar-refractivity contribution is 5.92. The summed E-state index contributed by atoms with van der Waals surface area (Å²) in [5, 5.41) is 5.39. The molecule has 1 saturated heterocycles. The second-order valence-electron chi connectivity index (χ2n) is 4.44. The van der Waals surface area contributed by atoms with E-state index in [1.54, 1.807) is 19.2 Å². The minimum Gasteiger partial charge on any atom is -0.369 e. The molecule has 0 atom stereocenters. The van der Waals surface area contributed by atoms with Crippen LogP contribution in [-0.2, 0) is 4.79 Å². The van der Waals surface area contributed by atoms with E-state index in [-0.39, 0.29) is 18.3 Å². The van der Waals surface area contributed by atoms with E-state index in [0.717, 1.165) is 25.9 Å². The molecule has 0 saturated carbocycles. The lowest BCUT2D eigenvalue weighted by Gasteiger charge is -2.18. The van der Waals surface area contributed by atoms with Crippen LogP contribution in [0.15, 0.2) is 18.2 Å². The molecule has 18 heavy (non-hydrogen) atoms. The molecule has 0 aromatic heterocycles. The van der Waals surface area contributed by atoms with Gasteiger partial charge in [-0.05, 0) is 38.1 Å². The van der Waals surface area contributed by atoms with Gasteiger partial charge < -0.3 is 15.5 Å². The van der Waals surface area contributed by atoms with Gasteiger partial charge in [0.1, 0.15) is 5.82 Å². The van der Waals surface area contributed by atoms with Gasteiger partial charge >= 0.3 is 0 Å². The van der Waals surface area contributed by atoms with E-state index in [1.807, 2.05) is 4.90 Å². The minimum absolute atomic E-state index is 0.175. The van der Waals surface area contributed by atoms with E-state index in [1.165, 1.54) is 6.07 Å². The van der Waals surface area contributed by atoms with Crippen LogP contribution in [0.4, 0.5) is 15.8 Å². The van der Waals surface area contributed by atoms with Crippen molar-refractivity contribution in [3.05, 3.63) is 24.0 Å². The first-order chi connectivity index (χ1) is 8.70. The molecule has 2 rings (SSSR count). The zero-order chi connectivity index (χ0) is 13.0. The molecule has 4 nitrogen and oxygen atoms in total. The van der Waals surface area contributed by atoms with Crippen LogP contribution in [0.3, 0.4) is 0 Å². The lowest BCUT2D eigenvalue weighted by molar-refractivity contribution is -0.115. The van der Waals surface area contributed by atoms with Gasteiger partial charge in [-0.3, -0.25) is 4.79 Å². The molecule has 1 aromatic carbocycles. The second kappa shape index (κ2) is 5.82. The van der Waals surface area contributed by atoms with Crippen molar-refractivity contribution < 1.29 is 9.18 Å². The number of hydrogen-bond acceptors (Lipinski definition) is 3. The predicted octanol–water partition coefficient (Wildman–Crippen LogP) is 1.58. The molecule has 0 aliphatic carbocycles. The maximum Gasteiger partial charge on any atom is 0.238 e. The molecule has 1 fully saturated rings. The van der Waals surface area contributed by atoms with Crippen molar-refractivity contribution in [3.63, 3.8) is 0 Å². The lowest BCUT2D eigenvalue weighted by Crippen LogP contribution is -2.25. The third-order valence-corrected chi connectivity index (χ3v) is 3.02. The fourth-order valence-corrected chi connectivity index (χ4v) is 2.16. The molecule has 0 spiro atoms. The van der Waals surface area contributed by atoms with Crippen LogP contribution in [0.5, 0.6) is 0 Å². The first-order valence-electron chi connectivity index (χ1n) is 6.19. The zero-order valence-corrected chi connectivity index (χ0v) is 10.5. The summed E-state index contributed by atoms with van der Waals surface area (Å²) < 4.78 is 13.9. The lowest BCUT2D eigenvalue weighted by atomic mass is 10.2. The number of rotatable bonds is 4. The Morgan fingerprint density at radius 1 is 1.39 bits per heavy atom. The van der Waals surface area contributed by atoms with Crippen LogP contribution in [0.1, 0.15) is 12.8 Å². The number of anilines is 2. The largest absolute Gasteiger partial charge is 0.369 e. The molecule has 1 amide bonds. The molecular formula is C13H18FN3O. The van der Waals surface area contributed by atoms with Crippen LogP contribution in [0, 0.1) is 5.82 Å². The molecule has 1 aliphatic heterocycles. The quantitative estimate of drug-likeness (QED) is 0.854. The average molecular weight is 251 g/mol. The number of nitrogens with one attached hydrogen (secondary N) is 2. The Balaban J connectivity index is 2.07. The normalized spacial score (nSPS) is 14.9. The van der Waals surface area contributed by atoms with E-state index < -0.39 is 0 Å². The van der Waals surface area contributed by atoms with Crippen molar-refractivity contribution >= 4 is 17.3 Å². The number of carbonyl (C=O) groups is 1. The van der Waals surface area contributed by atoms with E-state index in [0.29, 0.717) is 11.4 Å². The van der Waals surface area contributed by atoms with Crippen molar-refractivity contribution in [1.29, 1.82) is 0 Å². The molecule has 2 N–H and O–H groups in total. The van der Waals surface area contributed by atoms with Gasteiger partial charge in [-0.2, -0.15) is 0 Å². The van der Waals surface area contributed by atoms with Gasteiger partial charge in [0, 0.05) is 18.8 Å². The maximum atomic E-state index is 13.9. The number of benzene rings is 1. The van der Waals surface area contributed by atoms with Crippen molar-refractivity contribution in [2.24, 2.45) is 0 Å². The Kier molecular flexibility index (Phi) is 4.15. The fourth-order valence-electron chi connectivity index (χ4n) is 2.16. The van der Waals surface area contributed by atoms with E-state index >= 15 is 0 Å². The van der Waals surface area contributed by atoms with Crippen LogP contribution < -0.4 is 15.5 Å². The van der Waals surface area contributed by atoms with Crippen molar-refractivity contribution in [1.82, 2.24) is 5.32 Å². The molecule has 0 bridgehead atoms. The summed E-state index contributed by atoms with van der Waals surface area (Å²) in [4.78, 5) is 13.4. The van der Waals surface area contributed by atoms with Gasteiger partial charge in [-0.15, -0.1) is 0 Å². The van der Waals surface area contributed by atoms with Gasteiger partial charge in [0.25, 0.3) is 0 Å². The van der Waals surface area contributed by atoms with E-state index in [9.17, 15) is 9.18 Å². The topological polar surface area (TPSA) is 44.4 Å². The van der Waals surface area contributed by atoms with Gasteiger partial charge in [-0.1, -0.05) is 0 Å². The highest BCUT2D eigenvalue weighted by atomic mass is 19.1. The second-order valence-corrected chi connectivity index (χ2v) is 4.44. The van der Waals surface area contributed by atoms with Crippen LogP contribution in [0.2, 0.25) is 0 Å². The van der Waals surface area contributed by atoms with E-state index in [4.69, 9.17) is 0 Å². The number of hydrogen-bond donors (Lipinski definition) is 2. The third kappa shape index (κ3) is 2.98. The maximum absolute atomic E-state index is 13.9. The minimum atomic E-state index is -0.279. The summed E-state index contributed by atoms with van der Waals surface area (Å²) in [6.07, 6.45) is 2.22. The number of amides is 1. The van der Waals surface area contributed by atoms with Gasteiger partial charge in [0.05, 0.1) is 12.2 Å². The highest BCUT2D eigenvalue weighted by Crippen LogP contribution is 2.25. The van der Waals surface area contributed by atoms with Crippen LogP contribution >= 0.6 is 0 Å². The number of halogens is 1.